The lowest BCUT2D eigenvalue weighted by atomic mass is 9.96. The predicted octanol–water partition coefficient (Wildman–Crippen LogP) is 5.18. The molecule has 0 fully saturated rings. The number of alkyl halides is 3. The molecule has 0 spiro atoms. The van der Waals surface area contributed by atoms with Gasteiger partial charge in [-0.15, -0.1) is 25.6 Å². The molecule has 0 aliphatic heterocycles. The van der Waals surface area contributed by atoms with E-state index in [4.69, 9.17) is 5.73 Å². The normalized spacial score (nSPS) is 12.7. The maximum atomic E-state index is 12.1. The standard InChI is InChI=1S/C17H18F3NO.ClH/c1-11(2)12-3-5-13(6-4-12)16(21)14-7-9-15(10-8-14)22-17(18,19)20;/h3-11,16H,21H2,1-2H3;1H/t16-;/m0./s1. The first-order valence-electron chi connectivity index (χ1n) is 6.97. The summed E-state index contributed by atoms with van der Waals surface area (Å²) in [7, 11) is 0. The van der Waals surface area contributed by atoms with Crippen LogP contribution in [-0.4, -0.2) is 6.36 Å². The lowest BCUT2D eigenvalue weighted by molar-refractivity contribution is -0.274. The molecule has 0 saturated heterocycles. The first kappa shape index (κ1) is 19.3. The van der Waals surface area contributed by atoms with E-state index in [1.807, 2.05) is 24.3 Å². The van der Waals surface area contributed by atoms with Crippen LogP contribution >= 0.6 is 12.4 Å². The smallest absolute Gasteiger partial charge is 0.406 e. The van der Waals surface area contributed by atoms with E-state index in [9.17, 15) is 13.2 Å². The van der Waals surface area contributed by atoms with Crippen LogP contribution in [0.2, 0.25) is 0 Å². The topological polar surface area (TPSA) is 35.2 Å². The summed E-state index contributed by atoms with van der Waals surface area (Å²) < 4.78 is 40.2. The van der Waals surface area contributed by atoms with Gasteiger partial charge in [0, 0.05) is 0 Å². The second-order valence-electron chi connectivity index (χ2n) is 5.42. The van der Waals surface area contributed by atoms with Crippen molar-refractivity contribution in [1.82, 2.24) is 0 Å². The van der Waals surface area contributed by atoms with Gasteiger partial charge in [-0.25, -0.2) is 0 Å². The molecule has 0 unspecified atom stereocenters. The van der Waals surface area contributed by atoms with Crippen LogP contribution < -0.4 is 10.5 Å². The minimum Gasteiger partial charge on any atom is -0.406 e. The molecule has 0 saturated carbocycles. The number of rotatable bonds is 4. The Kier molecular flexibility index (Phi) is 6.47. The number of halogens is 4. The average molecular weight is 346 g/mol. The monoisotopic (exact) mass is 345 g/mol. The van der Waals surface area contributed by atoms with Gasteiger partial charge in [-0.1, -0.05) is 50.2 Å². The van der Waals surface area contributed by atoms with Crippen LogP contribution in [0.1, 0.15) is 42.5 Å². The Bertz CT molecular complexity index is 609. The first-order chi connectivity index (χ1) is 10.3. The Hall–Kier alpha value is -1.72. The van der Waals surface area contributed by atoms with Crippen molar-refractivity contribution in [2.24, 2.45) is 5.73 Å². The van der Waals surface area contributed by atoms with Gasteiger partial charge in [0.25, 0.3) is 0 Å². The van der Waals surface area contributed by atoms with Crippen molar-refractivity contribution in [2.75, 3.05) is 0 Å². The van der Waals surface area contributed by atoms with Gasteiger partial charge in [-0.05, 0) is 34.7 Å². The van der Waals surface area contributed by atoms with E-state index in [2.05, 4.69) is 18.6 Å². The summed E-state index contributed by atoms with van der Waals surface area (Å²) in [6.45, 7) is 4.21. The first-order valence-corrected chi connectivity index (χ1v) is 6.97. The van der Waals surface area contributed by atoms with E-state index in [-0.39, 0.29) is 24.2 Å². The molecule has 2 aromatic rings. The van der Waals surface area contributed by atoms with Crippen molar-refractivity contribution in [3.63, 3.8) is 0 Å². The van der Waals surface area contributed by atoms with Crippen molar-refractivity contribution in [2.45, 2.75) is 32.2 Å². The molecule has 1 atom stereocenters. The molecule has 2 N–H and O–H groups in total. The summed E-state index contributed by atoms with van der Waals surface area (Å²) in [5.74, 6) is 0.183. The summed E-state index contributed by atoms with van der Waals surface area (Å²) in [5.41, 5.74) is 9.01. The molecule has 2 rings (SSSR count). The van der Waals surface area contributed by atoms with Gasteiger partial charge in [-0.2, -0.15) is 0 Å². The fourth-order valence-electron chi connectivity index (χ4n) is 2.16. The molecule has 0 bridgehead atoms. The summed E-state index contributed by atoms with van der Waals surface area (Å²) in [4.78, 5) is 0. The Balaban J connectivity index is 0.00000264. The molecule has 0 amide bonds. The quantitative estimate of drug-likeness (QED) is 0.828. The van der Waals surface area contributed by atoms with Crippen LogP contribution in [0.15, 0.2) is 48.5 Å². The van der Waals surface area contributed by atoms with E-state index >= 15 is 0 Å². The molecule has 0 aromatic heterocycles. The third-order valence-electron chi connectivity index (χ3n) is 3.44. The van der Waals surface area contributed by atoms with Gasteiger partial charge in [0.1, 0.15) is 5.75 Å². The largest absolute Gasteiger partial charge is 0.573 e. The van der Waals surface area contributed by atoms with E-state index in [1.54, 1.807) is 12.1 Å². The van der Waals surface area contributed by atoms with Gasteiger partial charge in [0.05, 0.1) is 6.04 Å². The zero-order valence-corrected chi connectivity index (χ0v) is 13.6. The van der Waals surface area contributed by atoms with Crippen LogP contribution in [0, 0.1) is 0 Å². The molecule has 0 aliphatic carbocycles. The molecule has 23 heavy (non-hydrogen) atoms. The zero-order chi connectivity index (χ0) is 16.3. The SMILES string of the molecule is CC(C)c1ccc([C@H](N)c2ccc(OC(F)(F)F)cc2)cc1.Cl. The summed E-state index contributed by atoms with van der Waals surface area (Å²) in [5, 5.41) is 0. The van der Waals surface area contributed by atoms with E-state index in [0.717, 1.165) is 11.1 Å². The maximum absolute atomic E-state index is 12.1. The van der Waals surface area contributed by atoms with Gasteiger partial charge < -0.3 is 10.5 Å². The van der Waals surface area contributed by atoms with E-state index < -0.39 is 6.36 Å². The second-order valence-corrected chi connectivity index (χ2v) is 5.42. The van der Waals surface area contributed by atoms with Crippen LogP contribution in [0.5, 0.6) is 5.75 Å². The number of hydrogen-bond acceptors (Lipinski definition) is 2. The number of nitrogens with two attached hydrogens (primary N) is 1. The number of hydrogen-bond donors (Lipinski definition) is 1. The van der Waals surface area contributed by atoms with E-state index in [0.29, 0.717) is 5.92 Å². The summed E-state index contributed by atoms with van der Waals surface area (Å²) in [6.07, 6.45) is -4.68. The Morgan fingerprint density at radius 3 is 1.61 bits per heavy atom. The highest BCUT2D eigenvalue weighted by Gasteiger charge is 2.31. The highest BCUT2D eigenvalue weighted by molar-refractivity contribution is 5.85. The molecule has 0 heterocycles. The van der Waals surface area contributed by atoms with Crippen LogP contribution in [0.4, 0.5) is 13.2 Å². The maximum Gasteiger partial charge on any atom is 0.573 e. The average Bonchev–Trinajstić information content (AvgIpc) is 2.46. The Labute approximate surface area is 139 Å². The Morgan fingerprint density at radius 2 is 1.22 bits per heavy atom. The second kappa shape index (κ2) is 7.70. The van der Waals surface area contributed by atoms with Crippen molar-refractivity contribution in [3.8, 4) is 5.75 Å². The van der Waals surface area contributed by atoms with Gasteiger partial charge >= 0.3 is 6.36 Å². The van der Waals surface area contributed by atoms with Crippen molar-refractivity contribution < 1.29 is 17.9 Å². The fraction of sp³-hybridized carbons (Fsp3) is 0.294. The minimum absolute atomic E-state index is 0. The summed E-state index contributed by atoms with van der Waals surface area (Å²) in [6, 6.07) is 13.2. The molecule has 0 aliphatic rings. The lowest BCUT2D eigenvalue weighted by Crippen LogP contribution is -2.17. The molecule has 2 nitrogen and oxygen atoms in total. The van der Waals surface area contributed by atoms with Crippen molar-refractivity contribution in [3.05, 3.63) is 65.2 Å². The zero-order valence-electron chi connectivity index (χ0n) is 12.8. The van der Waals surface area contributed by atoms with E-state index in [1.165, 1.54) is 17.7 Å². The highest BCUT2D eigenvalue weighted by Crippen LogP contribution is 2.26. The molecular weight excluding hydrogens is 327 g/mol. The van der Waals surface area contributed by atoms with Crippen LogP contribution in [-0.2, 0) is 0 Å². The predicted molar refractivity (Wildman–Crippen MR) is 86.9 cm³/mol. The van der Waals surface area contributed by atoms with Gasteiger partial charge in [-0.3, -0.25) is 0 Å². The third kappa shape index (κ3) is 5.44. The minimum atomic E-state index is -4.68. The number of ether oxygens (including phenoxy) is 1. The van der Waals surface area contributed by atoms with Crippen molar-refractivity contribution in [1.29, 1.82) is 0 Å². The highest BCUT2D eigenvalue weighted by atomic mass is 35.5. The molecule has 0 radical (unpaired) electrons. The lowest BCUT2D eigenvalue weighted by Gasteiger charge is -2.15. The van der Waals surface area contributed by atoms with Gasteiger partial charge in [0.15, 0.2) is 0 Å². The molecule has 126 valence electrons. The molecular formula is C17H19ClF3NO. The third-order valence-corrected chi connectivity index (χ3v) is 3.44. The van der Waals surface area contributed by atoms with Crippen molar-refractivity contribution >= 4 is 12.4 Å². The Morgan fingerprint density at radius 1 is 0.826 bits per heavy atom. The number of benzene rings is 2. The summed E-state index contributed by atoms with van der Waals surface area (Å²) >= 11 is 0. The fourth-order valence-corrected chi connectivity index (χ4v) is 2.16. The van der Waals surface area contributed by atoms with Crippen LogP contribution in [0.3, 0.4) is 0 Å². The molecule has 6 heteroatoms. The van der Waals surface area contributed by atoms with Crippen LogP contribution in [0.25, 0.3) is 0 Å². The molecule has 2 aromatic carbocycles. The van der Waals surface area contributed by atoms with Gasteiger partial charge in [0.2, 0.25) is 0 Å².